The molecule has 5 rings (SSSR count). The SMILES string of the molecule is COc1cc(/C=C2/SC(=O)N(CC(=O)Nc3cccc4ccccc34)C2=O)cc(I)c1OCc1ccccc1F. The Balaban J connectivity index is 1.30. The Labute approximate surface area is 247 Å². The number of hydrogen-bond acceptors (Lipinski definition) is 6. The number of benzene rings is 4. The monoisotopic (exact) mass is 668 g/mol. The summed E-state index contributed by atoms with van der Waals surface area (Å²) in [6, 6.07) is 22.9. The molecule has 1 aliphatic heterocycles. The minimum absolute atomic E-state index is 0.0120. The number of rotatable bonds is 8. The van der Waals surface area contributed by atoms with Gasteiger partial charge in [0.25, 0.3) is 11.1 Å². The van der Waals surface area contributed by atoms with Crippen LogP contribution in [0.1, 0.15) is 11.1 Å². The molecule has 1 aliphatic rings. The van der Waals surface area contributed by atoms with Gasteiger partial charge in [0.1, 0.15) is 19.0 Å². The van der Waals surface area contributed by atoms with Gasteiger partial charge in [-0.25, -0.2) is 4.39 Å². The molecule has 1 heterocycles. The average Bonchev–Trinajstić information content (AvgIpc) is 3.20. The van der Waals surface area contributed by atoms with Crippen LogP contribution in [0.15, 0.2) is 83.8 Å². The number of halogens is 2. The summed E-state index contributed by atoms with van der Waals surface area (Å²) in [7, 11) is 1.48. The van der Waals surface area contributed by atoms with Gasteiger partial charge >= 0.3 is 0 Å². The molecule has 0 aromatic heterocycles. The number of anilines is 1. The lowest BCUT2D eigenvalue weighted by Crippen LogP contribution is -2.36. The molecule has 0 radical (unpaired) electrons. The first-order chi connectivity index (χ1) is 19.3. The number of thioether (sulfide) groups is 1. The predicted molar refractivity (Wildman–Crippen MR) is 162 cm³/mol. The molecule has 40 heavy (non-hydrogen) atoms. The predicted octanol–water partition coefficient (Wildman–Crippen LogP) is 6.85. The number of hydrogen-bond donors (Lipinski definition) is 1. The molecular weight excluding hydrogens is 646 g/mol. The molecule has 7 nitrogen and oxygen atoms in total. The molecule has 0 aliphatic carbocycles. The molecule has 0 unspecified atom stereocenters. The minimum Gasteiger partial charge on any atom is -0.493 e. The van der Waals surface area contributed by atoms with Crippen LogP contribution in [0.5, 0.6) is 11.5 Å². The summed E-state index contributed by atoms with van der Waals surface area (Å²) in [5.41, 5.74) is 1.61. The van der Waals surface area contributed by atoms with Crippen LogP contribution in [-0.2, 0) is 16.2 Å². The zero-order valence-corrected chi connectivity index (χ0v) is 24.1. The topological polar surface area (TPSA) is 84.9 Å². The number of imide groups is 1. The first-order valence-corrected chi connectivity index (χ1v) is 14.0. The highest BCUT2D eigenvalue weighted by Gasteiger charge is 2.36. The van der Waals surface area contributed by atoms with Gasteiger partial charge in [0.05, 0.1) is 15.6 Å². The van der Waals surface area contributed by atoms with E-state index >= 15 is 0 Å². The van der Waals surface area contributed by atoms with Gasteiger partial charge in [-0.2, -0.15) is 0 Å². The van der Waals surface area contributed by atoms with Gasteiger partial charge in [-0.3, -0.25) is 19.3 Å². The molecule has 202 valence electrons. The normalized spacial score (nSPS) is 14.2. The Morgan fingerprint density at radius 2 is 1.80 bits per heavy atom. The summed E-state index contributed by atoms with van der Waals surface area (Å²) in [4.78, 5) is 39.6. The van der Waals surface area contributed by atoms with Gasteiger partial charge in [-0.1, -0.05) is 54.6 Å². The van der Waals surface area contributed by atoms with E-state index < -0.39 is 23.6 Å². The Hall–Kier alpha value is -3.90. The fraction of sp³-hybridized carbons (Fsp3) is 0.100. The molecule has 1 saturated heterocycles. The van der Waals surface area contributed by atoms with Gasteiger partial charge in [0, 0.05) is 16.6 Å². The van der Waals surface area contributed by atoms with Gasteiger partial charge in [0.2, 0.25) is 5.91 Å². The zero-order chi connectivity index (χ0) is 28.2. The highest BCUT2D eigenvalue weighted by atomic mass is 127. The van der Waals surface area contributed by atoms with E-state index in [-0.39, 0.29) is 17.3 Å². The quantitative estimate of drug-likeness (QED) is 0.164. The van der Waals surface area contributed by atoms with Crippen LogP contribution in [0.2, 0.25) is 0 Å². The Kier molecular flexibility index (Phi) is 8.36. The lowest BCUT2D eigenvalue weighted by molar-refractivity contribution is -0.127. The van der Waals surface area contributed by atoms with Crippen molar-refractivity contribution in [3.05, 3.63) is 104 Å². The summed E-state index contributed by atoms with van der Waals surface area (Å²) in [5.74, 6) is -0.580. The van der Waals surface area contributed by atoms with Crippen molar-refractivity contribution in [3.63, 3.8) is 0 Å². The van der Waals surface area contributed by atoms with Crippen LogP contribution in [0, 0.1) is 9.39 Å². The van der Waals surface area contributed by atoms with Gasteiger partial charge in [-0.05, 0) is 75.6 Å². The highest BCUT2D eigenvalue weighted by molar-refractivity contribution is 14.1. The molecular formula is C30H22FIN2O5S. The van der Waals surface area contributed by atoms with Crippen molar-refractivity contribution >= 4 is 73.9 Å². The number of nitrogens with one attached hydrogen (secondary N) is 1. The van der Waals surface area contributed by atoms with Crippen molar-refractivity contribution in [1.29, 1.82) is 0 Å². The maximum Gasteiger partial charge on any atom is 0.294 e. The molecule has 4 aromatic rings. The number of ether oxygens (including phenoxy) is 2. The second-order valence-corrected chi connectivity index (χ2v) is 10.9. The number of methoxy groups -OCH3 is 1. The van der Waals surface area contributed by atoms with Crippen LogP contribution in [0.4, 0.5) is 14.9 Å². The third-order valence-corrected chi connectivity index (χ3v) is 7.83. The maximum atomic E-state index is 14.0. The fourth-order valence-electron chi connectivity index (χ4n) is 4.18. The standard InChI is InChI=1S/C30H22FIN2O5S/c1-38-25-14-18(13-23(32)28(25)39-17-20-8-3-5-11-22(20)31)15-26-29(36)34(30(37)40-26)16-27(35)33-24-12-6-9-19-7-2-4-10-21(19)24/h2-15H,16-17H2,1H3,(H,33,35)/b26-15+. The zero-order valence-electron chi connectivity index (χ0n) is 21.1. The van der Waals surface area contributed by atoms with Crippen molar-refractivity contribution in [1.82, 2.24) is 4.90 Å². The maximum absolute atomic E-state index is 14.0. The molecule has 3 amide bonds. The smallest absolute Gasteiger partial charge is 0.294 e. The highest BCUT2D eigenvalue weighted by Crippen LogP contribution is 2.38. The van der Waals surface area contributed by atoms with Gasteiger partial charge in [0.15, 0.2) is 11.5 Å². The van der Waals surface area contributed by atoms with Crippen molar-refractivity contribution in [2.45, 2.75) is 6.61 Å². The van der Waals surface area contributed by atoms with E-state index in [0.29, 0.717) is 31.9 Å². The number of fused-ring (bicyclic) bond motifs is 1. The lowest BCUT2D eigenvalue weighted by Gasteiger charge is -2.14. The second-order valence-electron chi connectivity index (χ2n) is 8.76. The summed E-state index contributed by atoms with van der Waals surface area (Å²) in [6.45, 7) is -0.396. The van der Waals surface area contributed by atoms with Crippen LogP contribution in [-0.4, -0.2) is 35.6 Å². The largest absolute Gasteiger partial charge is 0.493 e. The van der Waals surface area contributed by atoms with Crippen molar-refractivity contribution in [3.8, 4) is 11.5 Å². The summed E-state index contributed by atoms with van der Waals surface area (Å²) >= 11 is 2.83. The first kappa shape index (κ1) is 27.7. The van der Waals surface area contributed by atoms with E-state index in [2.05, 4.69) is 27.9 Å². The van der Waals surface area contributed by atoms with E-state index in [1.165, 1.54) is 13.2 Å². The molecule has 1 fully saturated rings. The van der Waals surface area contributed by atoms with Crippen molar-refractivity contribution < 1.29 is 28.2 Å². The Morgan fingerprint density at radius 3 is 2.60 bits per heavy atom. The van der Waals surface area contributed by atoms with E-state index in [1.54, 1.807) is 42.5 Å². The summed E-state index contributed by atoms with van der Waals surface area (Å²) in [5, 5.41) is 4.09. The van der Waals surface area contributed by atoms with E-state index in [0.717, 1.165) is 27.4 Å². The summed E-state index contributed by atoms with van der Waals surface area (Å²) in [6.07, 6.45) is 1.57. The minimum atomic E-state index is -0.558. The third kappa shape index (κ3) is 5.97. The second kappa shape index (κ2) is 12.1. The Morgan fingerprint density at radius 1 is 1.05 bits per heavy atom. The van der Waals surface area contributed by atoms with Crippen molar-refractivity contribution in [2.75, 3.05) is 19.0 Å². The number of amides is 3. The molecule has 10 heteroatoms. The summed E-state index contributed by atoms with van der Waals surface area (Å²) < 4.78 is 26.0. The molecule has 0 spiro atoms. The van der Waals surface area contributed by atoms with Crippen LogP contribution < -0.4 is 14.8 Å². The van der Waals surface area contributed by atoms with Crippen LogP contribution >= 0.6 is 34.4 Å². The number of carbonyl (C=O) groups excluding carboxylic acids is 3. The van der Waals surface area contributed by atoms with Gasteiger partial charge in [-0.15, -0.1) is 0 Å². The molecule has 4 aromatic carbocycles. The average molecular weight is 668 g/mol. The lowest BCUT2D eigenvalue weighted by atomic mass is 10.1. The molecule has 0 bridgehead atoms. The van der Waals surface area contributed by atoms with Crippen molar-refractivity contribution in [2.24, 2.45) is 0 Å². The number of nitrogens with zero attached hydrogens (tertiary/aromatic N) is 1. The van der Waals surface area contributed by atoms with Gasteiger partial charge < -0.3 is 14.8 Å². The molecule has 1 N–H and O–H groups in total. The Bertz CT molecular complexity index is 1670. The van der Waals surface area contributed by atoms with Crippen LogP contribution in [0.3, 0.4) is 0 Å². The first-order valence-electron chi connectivity index (χ1n) is 12.1. The number of carbonyl (C=O) groups is 3. The molecule has 0 atom stereocenters. The van der Waals surface area contributed by atoms with E-state index in [4.69, 9.17) is 9.47 Å². The fourth-order valence-corrected chi connectivity index (χ4v) is 5.80. The van der Waals surface area contributed by atoms with E-state index in [9.17, 15) is 18.8 Å². The molecule has 0 saturated carbocycles. The third-order valence-electron chi connectivity index (χ3n) is 6.12. The van der Waals surface area contributed by atoms with Crippen LogP contribution in [0.25, 0.3) is 16.8 Å². The van der Waals surface area contributed by atoms with E-state index in [1.807, 2.05) is 36.4 Å².